The summed E-state index contributed by atoms with van der Waals surface area (Å²) in [7, 11) is 0. The van der Waals surface area contributed by atoms with Crippen molar-refractivity contribution in [2.75, 3.05) is 0 Å². The minimum atomic E-state index is -0.989. The highest BCUT2D eigenvalue weighted by molar-refractivity contribution is 5.80. The van der Waals surface area contributed by atoms with Gasteiger partial charge in [-0.25, -0.2) is 9.59 Å². The molecule has 0 heterocycles. The number of hydrogen-bond donors (Lipinski definition) is 3. The van der Waals surface area contributed by atoms with Crippen LogP contribution in [-0.4, -0.2) is 40.9 Å². The number of hydrogen-bond acceptors (Lipinski definition) is 4. The molecule has 0 aromatic heterocycles. The van der Waals surface area contributed by atoms with Crippen molar-refractivity contribution < 1.29 is 19.4 Å². The minimum absolute atomic E-state index is 0.393. The van der Waals surface area contributed by atoms with Crippen LogP contribution in [0.1, 0.15) is 124 Å². The average molecular weight is 453 g/mol. The topological polar surface area (TPSA) is 87.7 Å². The normalized spacial score (nSPS) is 22.3. The van der Waals surface area contributed by atoms with Crippen molar-refractivity contribution >= 4 is 12.1 Å². The largest absolute Gasteiger partial charge is 0.480 e. The maximum atomic E-state index is 11.6. The first-order valence-electron chi connectivity index (χ1n) is 13.2. The van der Waals surface area contributed by atoms with Gasteiger partial charge < -0.3 is 20.5 Å². The van der Waals surface area contributed by atoms with Crippen molar-refractivity contribution in [2.24, 2.45) is 5.92 Å². The van der Waals surface area contributed by atoms with Crippen molar-refractivity contribution in [1.82, 2.24) is 10.6 Å². The maximum absolute atomic E-state index is 11.6. The second-order valence-corrected chi connectivity index (χ2v) is 11.1. The van der Waals surface area contributed by atoms with Crippen molar-refractivity contribution in [3.05, 3.63) is 0 Å². The number of aliphatic carboxylic acids is 1. The first kappa shape index (κ1) is 26.9. The van der Waals surface area contributed by atoms with Crippen LogP contribution in [0.25, 0.3) is 0 Å². The van der Waals surface area contributed by atoms with Gasteiger partial charge >= 0.3 is 12.1 Å². The molecule has 6 nitrogen and oxygen atoms in total. The molecule has 186 valence electrons. The number of carbonyl (C=O) groups is 2. The smallest absolute Gasteiger partial charge is 0.408 e. The number of rotatable bonds is 6. The third kappa shape index (κ3) is 11.5. The van der Waals surface area contributed by atoms with E-state index in [0.717, 1.165) is 37.8 Å². The summed E-state index contributed by atoms with van der Waals surface area (Å²) in [6.45, 7) is 5.26. The van der Waals surface area contributed by atoms with Gasteiger partial charge in [0.25, 0.3) is 0 Å². The standard InChI is InChI=1S/C14H25NO4.C12H23N/c1-14(2,3)19-13(18)15-11(12(16)17)9-10-7-5-4-6-8-10;1-3-7-11(8-4-1)13-12-9-5-2-6-10-12/h10-11H,4-9H2,1-3H3,(H,15,18)(H,16,17);11-13H,1-10H2/t11-;/m0./s1. The van der Waals surface area contributed by atoms with Gasteiger partial charge in [-0.05, 0) is 58.8 Å². The number of carboxylic acids is 1. The van der Waals surface area contributed by atoms with Gasteiger partial charge in [0.15, 0.2) is 0 Å². The van der Waals surface area contributed by atoms with E-state index < -0.39 is 23.7 Å². The van der Waals surface area contributed by atoms with Gasteiger partial charge in [-0.15, -0.1) is 0 Å². The molecular formula is C26H48N2O4. The Bertz CT molecular complexity index is 527. The molecule has 1 atom stereocenters. The lowest BCUT2D eigenvalue weighted by molar-refractivity contribution is -0.140. The second kappa shape index (κ2) is 14.1. The van der Waals surface area contributed by atoms with E-state index >= 15 is 0 Å². The van der Waals surface area contributed by atoms with Gasteiger partial charge in [-0.2, -0.15) is 0 Å². The summed E-state index contributed by atoms with van der Waals surface area (Å²) in [5, 5.41) is 15.5. The molecule has 0 saturated heterocycles. The predicted molar refractivity (Wildman–Crippen MR) is 129 cm³/mol. The van der Waals surface area contributed by atoms with Gasteiger partial charge in [0.05, 0.1) is 0 Å². The lowest BCUT2D eigenvalue weighted by Crippen LogP contribution is -2.44. The van der Waals surface area contributed by atoms with Crippen LogP contribution in [0.5, 0.6) is 0 Å². The number of nitrogens with one attached hydrogen (secondary N) is 2. The summed E-state index contributed by atoms with van der Waals surface area (Å²) in [6.07, 6.45) is 20.1. The first-order chi connectivity index (χ1) is 15.2. The van der Waals surface area contributed by atoms with Gasteiger partial charge in [-0.1, -0.05) is 70.6 Å². The summed E-state index contributed by atoms with van der Waals surface area (Å²) < 4.78 is 5.09. The molecule has 0 spiro atoms. The fourth-order valence-corrected chi connectivity index (χ4v) is 5.30. The highest BCUT2D eigenvalue weighted by Crippen LogP contribution is 2.27. The van der Waals surface area contributed by atoms with Crippen LogP contribution in [0.3, 0.4) is 0 Å². The molecule has 1 amide bonds. The summed E-state index contributed by atoms with van der Waals surface area (Å²) in [4.78, 5) is 22.8. The molecule has 3 aliphatic rings. The Balaban J connectivity index is 0.000000242. The molecule has 6 heteroatoms. The Labute approximate surface area is 195 Å². The van der Waals surface area contributed by atoms with E-state index in [9.17, 15) is 14.7 Å². The molecule has 3 aliphatic carbocycles. The molecular weight excluding hydrogens is 404 g/mol. The molecule has 0 aliphatic heterocycles. The van der Waals surface area contributed by atoms with Crippen LogP contribution < -0.4 is 10.6 Å². The van der Waals surface area contributed by atoms with Gasteiger partial charge in [-0.3, -0.25) is 0 Å². The first-order valence-corrected chi connectivity index (χ1v) is 13.2. The highest BCUT2D eigenvalue weighted by atomic mass is 16.6. The van der Waals surface area contributed by atoms with Gasteiger partial charge in [0.2, 0.25) is 0 Å². The van der Waals surface area contributed by atoms with E-state index in [1.54, 1.807) is 20.8 Å². The van der Waals surface area contributed by atoms with Crippen molar-refractivity contribution in [3.63, 3.8) is 0 Å². The summed E-state index contributed by atoms with van der Waals surface area (Å²) in [5.74, 6) is -0.596. The van der Waals surface area contributed by atoms with Crippen LogP contribution in [0.2, 0.25) is 0 Å². The molecule has 0 radical (unpaired) electrons. The zero-order valence-electron chi connectivity index (χ0n) is 20.8. The summed E-state index contributed by atoms with van der Waals surface area (Å²) in [6, 6.07) is 0.895. The highest BCUT2D eigenvalue weighted by Gasteiger charge is 2.27. The number of carbonyl (C=O) groups excluding carboxylic acids is 1. The SMILES string of the molecule is C1CCC(NC2CCCCC2)CC1.CC(C)(C)OC(=O)N[C@@H](CC1CCCCC1)C(=O)O. The van der Waals surface area contributed by atoms with Crippen molar-refractivity contribution in [1.29, 1.82) is 0 Å². The van der Waals surface area contributed by atoms with Crippen LogP contribution in [0.4, 0.5) is 4.79 Å². The van der Waals surface area contributed by atoms with Crippen LogP contribution >= 0.6 is 0 Å². The third-order valence-corrected chi connectivity index (χ3v) is 6.96. The number of ether oxygens (including phenoxy) is 1. The van der Waals surface area contributed by atoms with Crippen LogP contribution in [0.15, 0.2) is 0 Å². The molecule has 32 heavy (non-hydrogen) atoms. The Hall–Kier alpha value is -1.30. The fraction of sp³-hybridized carbons (Fsp3) is 0.923. The van der Waals surface area contributed by atoms with E-state index in [-0.39, 0.29) is 0 Å². The fourth-order valence-electron chi connectivity index (χ4n) is 5.30. The molecule has 0 bridgehead atoms. The second-order valence-electron chi connectivity index (χ2n) is 11.1. The molecule has 0 aromatic carbocycles. The summed E-state index contributed by atoms with van der Waals surface area (Å²) in [5.41, 5.74) is -0.613. The zero-order chi connectivity index (χ0) is 23.4. The van der Waals surface area contributed by atoms with Crippen LogP contribution in [0, 0.1) is 5.92 Å². The van der Waals surface area contributed by atoms with E-state index in [0.29, 0.717) is 12.3 Å². The Morgan fingerprint density at radius 3 is 1.66 bits per heavy atom. The lowest BCUT2D eigenvalue weighted by Gasteiger charge is -2.30. The maximum Gasteiger partial charge on any atom is 0.408 e. The van der Waals surface area contributed by atoms with Crippen molar-refractivity contribution in [2.45, 2.75) is 147 Å². The number of alkyl carbamates (subject to hydrolysis) is 1. The minimum Gasteiger partial charge on any atom is -0.480 e. The van der Waals surface area contributed by atoms with Crippen LogP contribution in [-0.2, 0) is 9.53 Å². The molecule has 0 aromatic rings. The predicted octanol–water partition coefficient (Wildman–Crippen LogP) is 6.18. The molecule has 3 rings (SSSR count). The number of amides is 1. The molecule has 3 fully saturated rings. The monoisotopic (exact) mass is 452 g/mol. The van der Waals surface area contributed by atoms with E-state index in [1.165, 1.54) is 70.6 Å². The quantitative estimate of drug-likeness (QED) is 0.448. The van der Waals surface area contributed by atoms with Gasteiger partial charge in [0, 0.05) is 12.1 Å². The molecule has 0 unspecified atom stereocenters. The van der Waals surface area contributed by atoms with Crippen molar-refractivity contribution in [3.8, 4) is 0 Å². The van der Waals surface area contributed by atoms with E-state index in [4.69, 9.17) is 4.74 Å². The van der Waals surface area contributed by atoms with Gasteiger partial charge in [0.1, 0.15) is 11.6 Å². The number of carboxylic acid groups (broad SMARTS) is 1. The zero-order valence-corrected chi connectivity index (χ0v) is 20.8. The Morgan fingerprint density at radius 2 is 1.25 bits per heavy atom. The Morgan fingerprint density at radius 1 is 0.812 bits per heavy atom. The molecule has 3 N–H and O–H groups in total. The third-order valence-electron chi connectivity index (χ3n) is 6.96. The van der Waals surface area contributed by atoms with E-state index in [2.05, 4.69) is 10.6 Å². The lowest BCUT2D eigenvalue weighted by atomic mass is 9.85. The Kier molecular flexibility index (Phi) is 11.8. The summed E-state index contributed by atoms with van der Waals surface area (Å²) >= 11 is 0. The van der Waals surface area contributed by atoms with E-state index in [1.807, 2.05) is 0 Å². The average Bonchev–Trinajstić information content (AvgIpc) is 2.75. The molecule has 3 saturated carbocycles.